The monoisotopic (exact) mass is 491 g/mol. The Bertz CT molecular complexity index is 1230. The Morgan fingerprint density at radius 3 is 2.11 bits per heavy atom. The van der Waals surface area contributed by atoms with E-state index in [4.69, 9.17) is 14.4 Å². The van der Waals surface area contributed by atoms with E-state index < -0.39 is 30.3 Å². The van der Waals surface area contributed by atoms with E-state index in [1.807, 2.05) is 77.1 Å². The number of nitrogens with one attached hydrogen (secondary N) is 1. The van der Waals surface area contributed by atoms with Crippen LogP contribution in [0.15, 0.2) is 54.6 Å². The third-order valence-corrected chi connectivity index (χ3v) is 7.03. The van der Waals surface area contributed by atoms with Crippen LogP contribution in [-0.2, 0) is 19.5 Å². The van der Waals surface area contributed by atoms with Gasteiger partial charge in [0.25, 0.3) is 5.91 Å². The molecule has 0 saturated carbocycles. The quantitative estimate of drug-likeness (QED) is 0.506. The molecule has 1 aliphatic rings. The second kappa shape index (κ2) is 9.18. The van der Waals surface area contributed by atoms with Crippen LogP contribution in [0.25, 0.3) is 5.69 Å². The number of aliphatic hydroxyl groups is 1. The summed E-state index contributed by atoms with van der Waals surface area (Å²) in [4.78, 5) is 13.1. The molecule has 4 rings (SSSR count). The number of carbonyl (C=O) groups is 1. The van der Waals surface area contributed by atoms with Gasteiger partial charge in [0.2, 0.25) is 0 Å². The average Bonchev–Trinajstić information content (AvgIpc) is 3.31. The van der Waals surface area contributed by atoms with Gasteiger partial charge in [-0.25, -0.2) is 4.68 Å². The molecule has 0 spiro atoms. The van der Waals surface area contributed by atoms with E-state index in [1.165, 1.54) is 0 Å². The van der Waals surface area contributed by atoms with Gasteiger partial charge in [0.15, 0.2) is 6.10 Å². The van der Waals surface area contributed by atoms with Gasteiger partial charge in [0, 0.05) is 12.9 Å². The van der Waals surface area contributed by atoms with Gasteiger partial charge in [-0.15, -0.1) is 0 Å². The van der Waals surface area contributed by atoms with Crippen LogP contribution >= 0.6 is 0 Å². The largest absolute Gasteiger partial charge is 0.494 e. The van der Waals surface area contributed by atoms with Crippen molar-refractivity contribution in [3.05, 3.63) is 71.4 Å². The zero-order valence-corrected chi connectivity index (χ0v) is 22.4. The molecule has 1 amide bonds. The maximum atomic E-state index is 13.1. The normalized spacial score (nSPS) is 17.8. The number of benzene rings is 2. The molecule has 0 bridgehead atoms. The molecule has 1 atom stereocenters. The van der Waals surface area contributed by atoms with Crippen molar-refractivity contribution in [1.82, 2.24) is 9.78 Å². The number of anilines is 1. The highest BCUT2D eigenvalue weighted by Crippen LogP contribution is 2.36. The second-order valence-electron chi connectivity index (χ2n) is 11.6. The lowest BCUT2D eigenvalue weighted by molar-refractivity contribution is -0.124. The lowest BCUT2D eigenvalue weighted by Gasteiger charge is -2.32. The highest BCUT2D eigenvalue weighted by Gasteiger charge is 2.51. The van der Waals surface area contributed by atoms with Crippen molar-refractivity contribution in [3.8, 4) is 5.69 Å². The third kappa shape index (κ3) is 5.12. The summed E-state index contributed by atoms with van der Waals surface area (Å²) in [6.45, 7) is 16.2. The van der Waals surface area contributed by atoms with E-state index in [-0.39, 0.29) is 6.84 Å². The van der Waals surface area contributed by atoms with Crippen molar-refractivity contribution >= 4 is 24.3 Å². The molecule has 8 heteroatoms. The minimum absolute atomic E-state index is 0. The number of aliphatic hydroxyl groups excluding tert-OH is 1. The number of carbonyl (C=O) groups excluding carboxylic acids is 1. The molecular formula is C28H38BN3O4. The minimum Gasteiger partial charge on any atom is -0.399 e. The van der Waals surface area contributed by atoms with E-state index in [0.29, 0.717) is 11.4 Å². The van der Waals surface area contributed by atoms with Gasteiger partial charge in [-0.3, -0.25) is 4.79 Å². The highest BCUT2D eigenvalue weighted by molar-refractivity contribution is 6.62. The van der Waals surface area contributed by atoms with E-state index in [1.54, 1.807) is 16.8 Å². The fourth-order valence-electron chi connectivity index (χ4n) is 3.88. The van der Waals surface area contributed by atoms with Crippen molar-refractivity contribution in [3.63, 3.8) is 0 Å². The first-order valence-electron chi connectivity index (χ1n) is 12.3. The first-order valence-corrected chi connectivity index (χ1v) is 12.3. The summed E-state index contributed by atoms with van der Waals surface area (Å²) >= 11 is 0. The maximum Gasteiger partial charge on any atom is 0.494 e. The molecule has 1 aliphatic heterocycles. The minimum atomic E-state index is -1.35. The van der Waals surface area contributed by atoms with Gasteiger partial charge in [0.1, 0.15) is 5.82 Å². The van der Waals surface area contributed by atoms with Gasteiger partial charge in [0.05, 0.1) is 22.6 Å². The Labute approximate surface area is 215 Å². The molecule has 36 heavy (non-hydrogen) atoms. The Kier molecular flexibility index (Phi) is 6.66. The van der Waals surface area contributed by atoms with Crippen LogP contribution in [0.4, 0.5) is 5.82 Å². The van der Waals surface area contributed by atoms with E-state index >= 15 is 0 Å². The molecule has 1 saturated heterocycles. The Morgan fingerprint density at radius 2 is 1.58 bits per heavy atom. The van der Waals surface area contributed by atoms with Crippen LogP contribution in [0.5, 0.6) is 0 Å². The number of rotatable bonds is 5. The molecule has 1 unspecified atom stereocenters. The third-order valence-electron chi connectivity index (χ3n) is 7.03. The van der Waals surface area contributed by atoms with Gasteiger partial charge in [-0.1, -0.05) is 62.7 Å². The summed E-state index contributed by atoms with van der Waals surface area (Å²) in [5.74, 6) is -0.0335. The van der Waals surface area contributed by atoms with Gasteiger partial charge < -0.3 is 19.7 Å². The molecule has 0 radical (unpaired) electrons. The van der Waals surface area contributed by atoms with E-state index in [2.05, 4.69) is 26.1 Å². The molecule has 2 heterocycles. The number of hydrogen-bond acceptors (Lipinski definition) is 5. The Morgan fingerprint density at radius 1 is 1.03 bits per heavy atom. The van der Waals surface area contributed by atoms with E-state index in [9.17, 15) is 9.90 Å². The SMILES string of the molecule is Cc1ccc(-n2nc(C(C)(C)C)cc2NC(=O)C(O)c2ccc(B3OC(C)(C)C(C)(C)O3)cc2)cc1.[HH]. The van der Waals surface area contributed by atoms with Gasteiger partial charge >= 0.3 is 7.12 Å². The van der Waals surface area contributed by atoms with Crippen LogP contribution in [0.1, 0.15) is 72.8 Å². The fourth-order valence-corrected chi connectivity index (χ4v) is 3.88. The van der Waals surface area contributed by atoms with Crippen LogP contribution in [0.3, 0.4) is 0 Å². The number of hydrogen-bond donors (Lipinski definition) is 2. The average molecular weight is 491 g/mol. The lowest BCUT2D eigenvalue weighted by Crippen LogP contribution is -2.41. The Balaban J connectivity index is 0.00000380. The lowest BCUT2D eigenvalue weighted by atomic mass is 9.78. The zero-order chi connectivity index (χ0) is 26.5. The van der Waals surface area contributed by atoms with Crippen molar-refractivity contribution in [1.29, 1.82) is 0 Å². The summed E-state index contributed by atoms with van der Waals surface area (Å²) in [6.07, 6.45) is -1.35. The predicted molar refractivity (Wildman–Crippen MR) is 145 cm³/mol. The number of amides is 1. The second-order valence-corrected chi connectivity index (χ2v) is 11.6. The van der Waals surface area contributed by atoms with Crippen molar-refractivity contribution in [2.24, 2.45) is 0 Å². The van der Waals surface area contributed by atoms with E-state index in [0.717, 1.165) is 22.4 Å². The van der Waals surface area contributed by atoms with Gasteiger partial charge in [-0.2, -0.15) is 5.10 Å². The summed E-state index contributed by atoms with van der Waals surface area (Å²) in [6, 6.07) is 16.8. The van der Waals surface area contributed by atoms with Crippen LogP contribution in [0.2, 0.25) is 0 Å². The molecule has 3 aromatic rings. The summed E-state index contributed by atoms with van der Waals surface area (Å²) in [5.41, 5.74) is 3.00. The first kappa shape index (κ1) is 26.1. The standard InChI is InChI=1S/C28H36BN3O4.H2/c1-18-9-15-21(16-10-18)32-23(17-22(31-32)26(2,3)4)30-25(34)24(33)19-11-13-20(14-12-19)29-35-27(5,6)28(7,8)36-29;/h9-17,24,33H,1-8H3,(H,30,34);1H. The summed E-state index contributed by atoms with van der Waals surface area (Å²) < 4.78 is 13.9. The van der Waals surface area contributed by atoms with Crippen molar-refractivity contribution in [2.45, 2.75) is 78.1 Å². The molecule has 0 aliphatic carbocycles. The van der Waals surface area contributed by atoms with Crippen LogP contribution < -0.4 is 10.8 Å². The molecule has 1 fully saturated rings. The Hall–Kier alpha value is -2.94. The number of aromatic nitrogens is 2. The van der Waals surface area contributed by atoms with Gasteiger partial charge in [-0.05, 0) is 57.8 Å². The van der Waals surface area contributed by atoms with Crippen LogP contribution in [-0.4, -0.2) is 39.1 Å². The number of nitrogens with zero attached hydrogens (tertiary/aromatic N) is 2. The smallest absolute Gasteiger partial charge is 0.399 e. The molecule has 192 valence electrons. The molecule has 2 aromatic carbocycles. The molecule has 7 nitrogen and oxygen atoms in total. The summed E-state index contributed by atoms with van der Waals surface area (Å²) in [7, 11) is -0.505. The predicted octanol–water partition coefficient (Wildman–Crippen LogP) is 4.70. The molecule has 2 N–H and O–H groups in total. The van der Waals surface area contributed by atoms with Crippen LogP contribution in [0, 0.1) is 6.92 Å². The molecular weight excluding hydrogens is 453 g/mol. The summed E-state index contributed by atoms with van der Waals surface area (Å²) in [5, 5.41) is 18.4. The fraction of sp³-hybridized carbons (Fsp3) is 0.429. The topological polar surface area (TPSA) is 85.6 Å². The van der Waals surface area contributed by atoms with Crippen molar-refractivity contribution < 1.29 is 20.6 Å². The first-order chi connectivity index (χ1) is 16.7. The van der Waals surface area contributed by atoms with Crippen molar-refractivity contribution in [2.75, 3.05) is 5.32 Å². The number of aryl methyl sites for hydroxylation is 1. The maximum absolute atomic E-state index is 13.1. The molecule has 1 aromatic heterocycles. The zero-order valence-electron chi connectivity index (χ0n) is 22.4. The highest BCUT2D eigenvalue weighted by atomic mass is 16.7.